The van der Waals surface area contributed by atoms with Gasteiger partial charge in [-0.2, -0.15) is 0 Å². The van der Waals surface area contributed by atoms with E-state index in [2.05, 4.69) is 10.3 Å². The first kappa shape index (κ1) is 21.8. The molecule has 0 fully saturated rings. The van der Waals surface area contributed by atoms with E-state index in [0.29, 0.717) is 16.7 Å². The lowest BCUT2D eigenvalue weighted by Crippen LogP contribution is -2.36. The maximum Gasteiger partial charge on any atom is 0.357 e. The van der Waals surface area contributed by atoms with E-state index in [0.717, 1.165) is 5.56 Å². The van der Waals surface area contributed by atoms with Gasteiger partial charge < -0.3 is 10.1 Å². The van der Waals surface area contributed by atoms with Crippen molar-refractivity contribution in [2.24, 2.45) is 0 Å². The van der Waals surface area contributed by atoms with Crippen molar-refractivity contribution in [3.05, 3.63) is 45.9 Å². The molecule has 1 heterocycles. The Morgan fingerprint density at radius 1 is 1.25 bits per heavy atom. The molecule has 2 rings (SSSR count). The lowest BCUT2D eigenvalue weighted by atomic mass is 10.0. The molecule has 9 heteroatoms. The number of hydrogen-bond acceptors (Lipinski definition) is 6. The van der Waals surface area contributed by atoms with Crippen molar-refractivity contribution < 1.29 is 19.1 Å². The molecule has 1 atom stereocenters. The zero-order chi connectivity index (χ0) is 20.7. The molecule has 1 aromatic heterocycles. The lowest BCUT2D eigenvalue weighted by Gasteiger charge is -2.23. The predicted molar refractivity (Wildman–Crippen MR) is 109 cm³/mol. The molecule has 0 bridgehead atoms. The van der Waals surface area contributed by atoms with Gasteiger partial charge in [-0.25, -0.2) is 9.78 Å². The summed E-state index contributed by atoms with van der Waals surface area (Å²) in [5, 5.41) is 5.34. The number of halogens is 1. The normalized spacial score (nSPS) is 11.6. The van der Waals surface area contributed by atoms with Crippen molar-refractivity contribution in [2.45, 2.75) is 33.2 Å². The lowest BCUT2D eigenvalue weighted by molar-refractivity contribution is -0.121. The highest BCUT2D eigenvalue weighted by molar-refractivity contribution is 7.14. The van der Waals surface area contributed by atoms with Gasteiger partial charge in [0.25, 0.3) is 0 Å². The Balaban J connectivity index is 2.19. The number of amides is 2. The Kier molecular flexibility index (Phi) is 7.95. The van der Waals surface area contributed by atoms with E-state index >= 15 is 0 Å². The van der Waals surface area contributed by atoms with Gasteiger partial charge in [-0.15, -0.1) is 11.3 Å². The first-order valence-corrected chi connectivity index (χ1v) is 10.1. The zero-order valence-electron chi connectivity index (χ0n) is 15.9. The van der Waals surface area contributed by atoms with E-state index in [-0.39, 0.29) is 30.5 Å². The molecule has 1 unspecified atom stereocenters. The van der Waals surface area contributed by atoms with Crippen LogP contribution in [-0.4, -0.2) is 35.9 Å². The smallest absolute Gasteiger partial charge is 0.357 e. The van der Waals surface area contributed by atoms with E-state index in [1.165, 1.54) is 23.2 Å². The quantitative estimate of drug-likeness (QED) is 0.655. The van der Waals surface area contributed by atoms with Crippen molar-refractivity contribution in [3.63, 3.8) is 0 Å². The minimum Gasteiger partial charge on any atom is -0.461 e. The fourth-order valence-electron chi connectivity index (χ4n) is 2.58. The molecular weight excluding hydrogens is 402 g/mol. The van der Waals surface area contributed by atoms with Crippen molar-refractivity contribution >= 4 is 45.9 Å². The average Bonchev–Trinajstić information content (AvgIpc) is 3.12. The number of ether oxygens (including phenoxy) is 1. The largest absolute Gasteiger partial charge is 0.461 e. The van der Waals surface area contributed by atoms with Crippen LogP contribution in [-0.2, 0) is 14.3 Å². The van der Waals surface area contributed by atoms with Crippen LogP contribution in [0.25, 0.3) is 0 Å². The third-order valence-electron chi connectivity index (χ3n) is 3.85. The zero-order valence-corrected chi connectivity index (χ0v) is 17.5. The summed E-state index contributed by atoms with van der Waals surface area (Å²) in [4.78, 5) is 42.0. The summed E-state index contributed by atoms with van der Waals surface area (Å²) in [6.45, 7) is 5.56. The first-order chi connectivity index (χ1) is 13.3. The minimum absolute atomic E-state index is 0.0450. The Hall–Kier alpha value is -2.45. The second kappa shape index (κ2) is 10.2. The second-order valence-corrected chi connectivity index (χ2v) is 7.16. The summed E-state index contributed by atoms with van der Waals surface area (Å²) < 4.78 is 4.93. The number of carbonyl (C=O) groups excluding carboxylic acids is 3. The third-order valence-corrected chi connectivity index (χ3v) is 4.97. The van der Waals surface area contributed by atoms with E-state index in [4.69, 9.17) is 16.3 Å². The van der Waals surface area contributed by atoms with Crippen LogP contribution in [0.4, 0.5) is 5.13 Å². The minimum atomic E-state index is -0.522. The van der Waals surface area contributed by atoms with E-state index < -0.39 is 12.0 Å². The molecule has 2 amide bonds. The van der Waals surface area contributed by atoms with Gasteiger partial charge in [0.15, 0.2) is 10.8 Å². The van der Waals surface area contributed by atoms with Crippen LogP contribution in [0, 0.1) is 0 Å². The van der Waals surface area contributed by atoms with Crippen molar-refractivity contribution in [1.82, 2.24) is 10.3 Å². The average molecular weight is 424 g/mol. The Bertz CT molecular complexity index is 838. The molecule has 0 saturated heterocycles. The molecule has 0 radical (unpaired) electrons. The number of esters is 1. The number of nitrogens with zero attached hydrogens (tertiary/aromatic N) is 2. The van der Waals surface area contributed by atoms with Crippen molar-refractivity contribution in [1.29, 1.82) is 0 Å². The summed E-state index contributed by atoms with van der Waals surface area (Å²) in [6.07, 6.45) is 0.0450. The summed E-state index contributed by atoms with van der Waals surface area (Å²) in [5.41, 5.74) is 0.944. The van der Waals surface area contributed by atoms with E-state index in [1.807, 2.05) is 6.92 Å². The van der Waals surface area contributed by atoms with Crippen LogP contribution in [0.15, 0.2) is 29.6 Å². The Morgan fingerprint density at radius 3 is 2.50 bits per heavy atom. The van der Waals surface area contributed by atoms with E-state index in [9.17, 15) is 14.4 Å². The molecule has 28 heavy (non-hydrogen) atoms. The van der Waals surface area contributed by atoms with Gasteiger partial charge in [0.05, 0.1) is 19.1 Å². The summed E-state index contributed by atoms with van der Waals surface area (Å²) in [7, 11) is 0. The number of hydrogen-bond donors (Lipinski definition) is 1. The fraction of sp³-hybridized carbons (Fsp3) is 0.368. The number of rotatable bonds is 8. The topological polar surface area (TPSA) is 88.6 Å². The van der Waals surface area contributed by atoms with Crippen LogP contribution in [0.1, 0.15) is 49.3 Å². The monoisotopic (exact) mass is 423 g/mol. The molecule has 0 aliphatic heterocycles. The first-order valence-electron chi connectivity index (χ1n) is 8.81. The highest BCUT2D eigenvalue weighted by atomic mass is 35.5. The molecule has 1 N–H and O–H groups in total. The number of anilines is 1. The van der Waals surface area contributed by atoms with Gasteiger partial charge in [0.1, 0.15) is 0 Å². The molecule has 0 aliphatic carbocycles. The highest BCUT2D eigenvalue weighted by Gasteiger charge is 2.24. The maximum absolute atomic E-state index is 12.9. The molecule has 0 saturated carbocycles. The number of carbonyl (C=O) groups is 3. The third kappa shape index (κ3) is 5.77. The second-order valence-electron chi connectivity index (χ2n) is 5.88. The number of aromatic nitrogens is 1. The standard InChI is InChI=1S/C19H22ClN3O4S/c1-4-23(19-22-16(11-28-19)18(26)27-5-2)17(25)10-15(21-12(3)24)13-6-8-14(20)9-7-13/h6-9,11,15H,4-5,10H2,1-3H3,(H,21,24). The molecule has 2 aromatic rings. The molecular formula is C19H22ClN3O4S. The van der Waals surface area contributed by atoms with Crippen molar-refractivity contribution in [3.8, 4) is 0 Å². The van der Waals surface area contributed by atoms with E-state index in [1.54, 1.807) is 36.6 Å². The fourth-order valence-corrected chi connectivity index (χ4v) is 3.58. The van der Waals surface area contributed by atoms with Gasteiger partial charge in [0, 0.05) is 23.9 Å². The summed E-state index contributed by atoms with van der Waals surface area (Å²) in [6, 6.07) is 6.46. The SMILES string of the molecule is CCOC(=O)c1csc(N(CC)C(=O)CC(NC(C)=O)c2ccc(Cl)cc2)n1. The molecule has 0 aliphatic rings. The van der Waals surface area contributed by atoms with Crippen molar-refractivity contribution in [2.75, 3.05) is 18.1 Å². The Morgan fingerprint density at radius 2 is 1.93 bits per heavy atom. The van der Waals surface area contributed by atoms with Gasteiger partial charge in [-0.3, -0.25) is 14.5 Å². The van der Waals surface area contributed by atoms with Crippen LogP contribution < -0.4 is 10.2 Å². The van der Waals surface area contributed by atoms with Crippen LogP contribution in [0.5, 0.6) is 0 Å². The summed E-state index contributed by atoms with van der Waals surface area (Å²) in [5.74, 6) is -0.985. The summed E-state index contributed by atoms with van der Waals surface area (Å²) >= 11 is 7.12. The highest BCUT2D eigenvalue weighted by Crippen LogP contribution is 2.25. The number of benzene rings is 1. The maximum atomic E-state index is 12.9. The van der Waals surface area contributed by atoms with Crippen LogP contribution in [0.3, 0.4) is 0 Å². The molecule has 150 valence electrons. The Labute approximate surface area is 172 Å². The van der Waals surface area contributed by atoms with Gasteiger partial charge >= 0.3 is 5.97 Å². The van der Waals surface area contributed by atoms with Gasteiger partial charge in [-0.05, 0) is 31.5 Å². The molecule has 7 nitrogen and oxygen atoms in total. The number of thiazole rings is 1. The number of nitrogens with one attached hydrogen (secondary N) is 1. The van der Waals surface area contributed by atoms with Gasteiger partial charge in [0.2, 0.25) is 11.8 Å². The molecule has 0 spiro atoms. The van der Waals surface area contributed by atoms with Crippen LogP contribution in [0.2, 0.25) is 5.02 Å². The van der Waals surface area contributed by atoms with Crippen LogP contribution >= 0.6 is 22.9 Å². The predicted octanol–water partition coefficient (Wildman–Crippen LogP) is 3.59. The molecule has 1 aromatic carbocycles. The van der Waals surface area contributed by atoms with Gasteiger partial charge in [-0.1, -0.05) is 23.7 Å².